The Labute approximate surface area is 111 Å². The zero-order chi connectivity index (χ0) is 14.8. The van der Waals surface area contributed by atoms with E-state index in [1.165, 1.54) is 0 Å². The highest BCUT2D eigenvalue weighted by atomic mass is 16.5. The first-order valence-electron chi connectivity index (χ1n) is 6.00. The summed E-state index contributed by atoms with van der Waals surface area (Å²) in [5, 5.41) is 35.2. The number of benzene rings is 1. The molecule has 108 valence electrons. The first-order chi connectivity index (χ1) is 8.97. The smallest absolute Gasteiger partial charge is 0.338 e. The van der Waals surface area contributed by atoms with Crippen LogP contribution in [0.3, 0.4) is 0 Å². The molecule has 1 aromatic carbocycles. The van der Waals surface area contributed by atoms with Gasteiger partial charge in [0, 0.05) is 6.61 Å². The molecule has 0 amide bonds. The van der Waals surface area contributed by atoms with Crippen LogP contribution < -0.4 is 0 Å². The lowest BCUT2D eigenvalue weighted by atomic mass is 10.2. The molecular weight excluding hydrogens is 252 g/mol. The van der Waals surface area contributed by atoms with Gasteiger partial charge in [0.1, 0.15) is 0 Å². The molecule has 0 atom stereocenters. The molecule has 0 bridgehead atoms. The number of rotatable bonds is 4. The van der Waals surface area contributed by atoms with Crippen LogP contribution in [-0.2, 0) is 4.74 Å². The Morgan fingerprint density at radius 1 is 1.16 bits per heavy atom. The highest BCUT2D eigenvalue weighted by Gasteiger charge is 2.13. The van der Waals surface area contributed by atoms with Crippen LogP contribution >= 0.6 is 0 Å². The Kier molecular flexibility index (Phi) is 8.12. The topological polar surface area (TPSA) is 107 Å². The van der Waals surface area contributed by atoms with Crippen LogP contribution in [0.4, 0.5) is 0 Å². The van der Waals surface area contributed by atoms with Gasteiger partial charge < -0.3 is 25.2 Å². The summed E-state index contributed by atoms with van der Waals surface area (Å²) in [5.74, 6) is -2.45. The predicted octanol–water partition coefficient (Wildman–Crippen LogP) is 1.76. The maximum Gasteiger partial charge on any atom is 0.338 e. The van der Waals surface area contributed by atoms with Gasteiger partial charge >= 0.3 is 5.97 Å². The Morgan fingerprint density at radius 2 is 1.68 bits per heavy atom. The summed E-state index contributed by atoms with van der Waals surface area (Å²) in [4.78, 5) is 11.1. The van der Waals surface area contributed by atoms with Crippen LogP contribution in [0.1, 0.15) is 37.0 Å². The maximum absolute atomic E-state index is 11.1. The number of unbranched alkanes of at least 4 members (excludes halogenated alkanes) is 1. The molecule has 1 aromatic rings. The minimum absolute atomic E-state index is 0.0142. The average molecular weight is 272 g/mol. The summed E-state index contributed by atoms with van der Waals surface area (Å²) in [6.07, 6.45) is 2.04. The lowest BCUT2D eigenvalue weighted by Crippen LogP contribution is -2.04. The number of phenols is 3. The van der Waals surface area contributed by atoms with Crippen molar-refractivity contribution in [2.75, 3.05) is 13.2 Å². The lowest BCUT2D eigenvalue weighted by molar-refractivity contribution is 0.0525. The molecule has 0 fully saturated rings. The van der Waals surface area contributed by atoms with Crippen LogP contribution in [-0.4, -0.2) is 39.6 Å². The van der Waals surface area contributed by atoms with E-state index in [0.29, 0.717) is 6.61 Å². The van der Waals surface area contributed by atoms with Crippen molar-refractivity contribution in [2.45, 2.75) is 26.7 Å². The second kappa shape index (κ2) is 9.04. The molecular formula is C13H20O6. The van der Waals surface area contributed by atoms with E-state index in [2.05, 4.69) is 11.7 Å². The summed E-state index contributed by atoms with van der Waals surface area (Å²) in [5.41, 5.74) is -0.0142. The third kappa shape index (κ3) is 5.96. The number of carbonyl (C=O) groups is 1. The van der Waals surface area contributed by atoms with Crippen LogP contribution in [0.15, 0.2) is 12.1 Å². The number of hydrogen-bond acceptors (Lipinski definition) is 6. The van der Waals surface area contributed by atoms with E-state index in [4.69, 9.17) is 20.4 Å². The second-order valence-corrected chi connectivity index (χ2v) is 3.66. The molecule has 0 aliphatic rings. The first-order valence-corrected chi connectivity index (χ1v) is 6.00. The molecule has 0 aromatic heterocycles. The van der Waals surface area contributed by atoms with Crippen molar-refractivity contribution in [2.24, 2.45) is 0 Å². The van der Waals surface area contributed by atoms with Gasteiger partial charge in [-0.15, -0.1) is 0 Å². The molecule has 0 unspecified atom stereocenters. The molecule has 0 heterocycles. The van der Waals surface area contributed by atoms with Crippen molar-refractivity contribution < 1.29 is 30.0 Å². The summed E-state index contributed by atoms with van der Waals surface area (Å²) in [6.45, 7) is 4.23. The number of phenolic OH excluding ortho intramolecular Hbond substituents is 3. The number of ether oxygens (including phenoxy) is 1. The molecule has 0 saturated heterocycles. The number of aliphatic hydroxyl groups is 1. The van der Waals surface area contributed by atoms with Crippen LogP contribution in [0.5, 0.6) is 17.2 Å². The van der Waals surface area contributed by atoms with E-state index in [0.717, 1.165) is 25.0 Å². The van der Waals surface area contributed by atoms with Crippen molar-refractivity contribution in [1.82, 2.24) is 0 Å². The highest BCUT2D eigenvalue weighted by molar-refractivity contribution is 5.91. The van der Waals surface area contributed by atoms with E-state index in [-0.39, 0.29) is 12.2 Å². The number of hydrogen-bond donors (Lipinski definition) is 4. The van der Waals surface area contributed by atoms with E-state index in [1.807, 2.05) is 0 Å². The Bertz CT molecular complexity index is 377. The van der Waals surface area contributed by atoms with E-state index < -0.39 is 23.2 Å². The lowest BCUT2D eigenvalue weighted by Gasteiger charge is -2.04. The summed E-state index contributed by atoms with van der Waals surface area (Å²) >= 11 is 0. The molecule has 1 rings (SSSR count). The minimum Gasteiger partial charge on any atom is -0.504 e. The molecule has 0 radical (unpaired) electrons. The zero-order valence-corrected chi connectivity index (χ0v) is 11.1. The molecule has 0 spiro atoms. The third-order valence-corrected chi connectivity index (χ3v) is 2.09. The van der Waals surface area contributed by atoms with Gasteiger partial charge in [-0.25, -0.2) is 4.79 Å². The Balaban J connectivity index is 0.000000555. The van der Waals surface area contributed by atoms with Gasteiger partial charge in [-0.3, -0.25) is 0 Å². The number of aliphatic hydroxyl groups excluding tert-OH is 1. The van der Waals surface area contributed by atoms with E-state index >= 15 is 0 Å². The maximum atomic E-state index is 11.1. The molecule has 0 aliphatic heterocycles. The van der Waals surface area contributed by atoms with Gasteiger partial charge in [0.25, 0.3) is 0 Å². The fourth-order valence-corrected chi connectivity index (χ4v) is 1.09. The molecule has 4 N–H and O–H groups in total. The summed E-state index contributed by atoms with van der Waals surface area (Å²) < 4.78 is 4.63. The van der Waals surface area contributed by atoms with Crippen molar-refractivity contribution >= 4 is 5.97 Å². The van der Waals surface area contributed by atoms with Gasteiger partial charge in [-0.2, -0.15) is 0 Å². The molecule has 19 heavy (non-hydrogen) atoms. The number of carbonyl (C=O) groups excluding carboxylic acids is 1. The van der Waals surface area contributed by atoms with Gasteiger partial charge in [-0.1, -0.05) is 13.3 Å². The van der Waals surface area contributed by atoms with Crippen molar-refractivity contribution in [3.8, 4) is 17.2 Å². The average Bonchev–Trinajstić information content (AvgIpc) is 2.37. The molecule has 0 saturated carbocycles. The summed E-state index contributed by atoms with van der Waals surface area (Å²) in [6, 6.07) is 2.04. The van der Waals surface area contributed by atoms with Gasteiger partial charge in [0.05, 0.1) is 12.2 Å². The largest absolute Gasteiger partial charge is 0.504 e. The van der Waals surface area contributed by atoms with Gasteiger partial charge in [0.2, 0.25) is 0 Å². The molecule has 6 nitrogen and oxygen atoms in total. The van der Waals surface area contributed by atoms with Gasteiger partial charge in [-0.05, 0) is 25.5 Å². The quantitative estimate of drug-likeness (QED) is 0.491. The molecule has 0 aliphatic carbocycles. The van der Waals surface area contributed by atoms with Crippen molar-refractivity contribution in [1.29, 1.82) is 0 Å². The fourth-order valence-electron chi connectivity index (χ4n) is 1.09. The monoisotopic (exact) mass is 272 g/mol. The standard InChI is InChI=1S/C9H10O5.C4H10O/c1-2-14-9(13)5-3-6(10)8(12)7(11)4-5;1-2-3-4-5/h3-4,10-12H,2H2,1H3;5H,2-4H2,1H3. The molecule has 6 heteroatoms. The fraction of sp³-hybridized carbons (Fsp3) is 0.462. The van der Waals surface area contributed by atoms with Crippen LogP contribution in [0.2, 0.25) is 0 Å². The Hall–Kier alpha value is -1.95. The van der Waals surface area contributed by atoms with Crippen molar-refractivity contribution in [3.63, 3.8) is 0 Å². The highest BCUT2D eigenvalue weighted by Crippen LogP contribution is 2.35. The Morgan fingerprint density at radius 3 is 2.00 bits per heavy atom. The SMILES string of the molecule is CCCCO.CCOC(=O)c1cc(O)c(O)c(O)c1. The van der Waals surface area contributed by atoms with Crippen LogP contribution in [0.25, 0.3) is 0 Å². The van der Waals surface area contributed by atoms with E-state index in [9.17, 15) is 4.79 Å². The van der Waals surface area contributed by atoms with Crippen LogP contribution in [0, 0.1) is 0 Å². The summed E-state index contributed by atoms with van der Waals surface area (Å²) in [7, 11) is 0. The number of esters is 1. The van der Waals surface area contributed by atoms with Gasteiger partial charge in [0.15, 0.2) is 17.2 Å². The first kappa shape index (κ1) is 17.1. The predicted molar refractivity (Wildman–Crippen MR) is 69.4 cm³/mol. The normalized spacial score (nSPS) is 9.42. The minimum atomic E-state index is -0.668. The number of aromatic hydroxyl groups is 3. The van der Waals surface area contributed by atoms with Crippen molar-refractivity contribution in [3.05, 3.63) is 17.7 Å². The van der Waals surface area contributed by atoms with E-state index in [1.54, 1.807) is 6.92 Å². The third-order valence-electron chi connectivity index (χ3n) is 2.09. The second-order valence-electron chi connectivity index (χ2n) is 3.66. The zero-order valence-electron chi connectivity index (χ0n) is 11.1.